The summed E-state index contributed by atoms with van der Waals surface area (Å²) in [5.74, 6) is -0.0826. The van der Waals surface area contributed by atoms with Crippen LogP contribution in [0.1, 0.15) is 21.3 Å². The first-order chi connectivity index (χ1) is 8.31. The van der Waals surface area contributed by atoms with Crippen LogP contribution in [-0.4, -0.2) is 16.2 Å². The minimum atomic E-state index is -0.0826. The number of hydrogen-bond acceptors (Lipinski definition) is 3. The van der Waals surface area contributed by atoms with Crippen molar-refractivity contribution in [1.82, 2.24) is 10.3 Å². The van der Waals surface area contributed by atoms with Gasteiger partial charge in [0.25, 0.3) is 5.91 Å². The molecule has 3 nitrogen and oxygen atoms in total. The Bertz CT molecular complexity index is 473. The predicted octanol–water partition coefficient (Wildman–Crippen LogP) is 3.01. The van der Waals surface area contributed by atoms with Crippen molar-refractivity contribution in [3.05, 3.63) is 52.5 Å². The Morgan fingerprint density at radius 3 is 2.76 bits per heavy atom. The summed E-state index contributed by atoms with van der Waals surface area (Å²) >= 11 is 4.76. The molecule has 0 aliphatic rings. The molecule has 0 aliphatic heterocycles. The molecule has 0 spiro atoms. The van der Waals surface area contributed by atoms with Gasteiger partial charge in [-0.05, 0) is 5.56 Å². The Balaban J connectivity index is 2.09. The van der Waals surface area contributed by atoms with Crippen molar-refractivity contribution in [3.8, 4) is 0 Å². The van der Waals surface area contributed by atoms with Crippen LogP contribution in [0.2, 0.25) is 0 Å². The zero-order chi connectivity index (χ0) is 12.1. The van der Waals surface area contributed by atoms with Crippen LogP contribution in [0.3, 0.4) is 0 Å². The number of carbonyl (C=O) groups is 1. The Labute approximate surface area is 112 Å². The lowest BCUT2D eigenvalue weighted by atomic mass is 10.1. The number of carbonyl (C=O) groups excluding carboxylic acids is 1. The number of thiazole rings is 1. The summed E-state index contributed by atoms with van der Waals surface area (Å²) in [6.07, 6.45) is 1.58. The first-order valence-electron chi connectivity index (χ1n) is 5.11. The average molecular weight is 311 g/mol. The number of aromatic nitrogens is 1. The molecule has 0 radical (unpaired) electrons. The molecule has 1 aromatic heterocycles. The van der Waals surface area contributed by atoms with Gasteiger partial charge >= 0.3 is 0 Å². The van der Waals surface area contributed by atoms with Gasteiger partial charge in [-0.2, -0.15) is 0 Å². The van der Waals surface area contributed by atoms with Crippen molar-refractivity contribution >= 4 is 33.2 Å². The molecule has 1 N–H and O–H groups in total. The molecule has 0 aliphatic carbocycles. The second kappa shape index (κ2) is 5.93. The lowest BCUT2D eigenvalue weighted by Gasteiger charge is -2.15. The maximum absolute atomic E-state index is 11.9. The zero-order valence-electron chi connectivity index (χ0n) is 8.97. The fraction of sp³-hybridized carbons (Fsp3) is 0.167. The highest BCUT2D eigenvalue weighted by Gasteiger charge is 2.15. The Morgan fingerprint density at radius 1 is 1.41 bits per heavy atom. The summed E-state index contributed by atoms with van der Waals surface area (Å²) < 4.78 is 0. The van der Waals surface area contributed by atoms with Crippen LogP contribution in [-0.2, 0) is 0 Å². The molecular formula is C12H11BrN2OS. The lowest BCUT2D eigenvalue weighted by Crippen LogP contribution is -2.28. The molecule has 2 aromatic rings. The van der Waals surface area contributed by atoms with E-state index in [4.69, 9.17) is 0 Å². The van der Waals surface area contributed by atoms with E-state index in [9.17, 15) is 4.79 Å². The summed E-state index contributed by atoms with van der Waals surface area (Å²) in [5, 5.41) is 3.65. The van der Waals surface area contributed by atoms with Gasteiger partial charge in [-0.15, -0.1) is 11.3 Å². The van der Waals surface area contributed by atoms with Crippen molar-refractivity contribution in [1.29, 1.82) is 0 Å². The summed E-state index contributed by atoms with van der Waals surface area (Å²) in [7, 11) is 0. The molecule has 5 heteroatoms. The van der Waals surface area contributed by atoms with Gasteiger partial charge in [0.05, 0.1) is 17.7 Å². The van der Waals surface area contributed by atoms with E-state index in [1.54, 1.807) is 11.7 Å². The predicted molar refractivity (Wildman–Crippen MR) is 72.6 cm³/mol. The van der Waals surface area contributed by atoms with Crippen molar-refractivity contribution in [2.24, 2.45) is 0 Å². The molecule has 0 fully saturated rings. The third-order valence-electron chi connectivity index (χ3n) is 2.32. The molecular weight excluding hydrogens is 300 g/mol. The summed E-state index contributed by atoms with van der Waals surface area (Å²) in [4.78, 5) is 16.4. The monoisotopic (exact) mass is 310 g/mol. The smallest absolute Gasteiger partial charge is 0.263 e. The first-order valence-corrected chi connectivity index (χ1v) is 7.11. The fourth-order valence-corrected chi connectivity index (χ4v) is 2.51. The van der Waals surface area contributed by atoms with Crippen LogP contribution in [0.4, 0.5) is 0 Å². The summed E-state index contributed by atoms with van der Waals surface area (Å²) in [6, 6.07) is 9.86. The van der Waals surface area contributed by atoms with Crippen LogP contribution in [0.5, 0.6) is 0 Å². The highest BCUT2D eigenvalue weighted by atomic mass is 79.9. The van der Waals surface area contributed by atoms with E-state index in [1.165, 1.54) is 11.3 Å². The molecule has 1 amide bonds. The molecule has 88 valence electrons. The minimum absolute atomic E-state index is 0.0224. The molecule has 1 atom stereocenters. The van der Waals surface area contributed by atoms with Crippen LogP contribution in [0.15, 0.2) is 42.0 Å². The number of hydrogen-bond donors (Lipinski definition) is 1. The van der Waals surface area contributed by atoms with Crippen molar-refractivity contribution in [2.45, 2.75) is 6.04 Å². The molecule has 0 bridgehead atoms. The molecule has 1 aromatic carbocycles. The Hall–Kier alpha value is -1.20. The number of benzene rings is 1. The van der Waals surface area contributed by atoms with Gasteiger partial charge in [-0.3, -0.25) is 9.78 Å². The van der Waals surface area contributed by atoms with Gasteiger partial charge in [0.2, 0.25) is 0 Å². The van der Waals surface area contributed by atoms with Gasteiger partial charge in [0, 0.05) is 5.33 Å². The van der Waals surface area contributed by atoms with Crippen molar-refractivity contribution in [3.63, 3.8) is 0 Å². The van der Waals surface area contributed by atoms with E-state index in [0.717, 1.165) is 5.56 Å². The fourth-order valence-electron chi connectivity index (χ4n) is 1.45. The second-order valence-corrected chi connectivity index (χ2v) is 4.99. The molecule has 1 heterocycles. The summed E-state index contributed by atoms with van der Waals surface area (Å²) in [6.45, 7) is 0. The van der Waals surface area contributed by atoms with Gasteiger partial charge in [0.1, 0.15) is 4.88 Å². The van der Waals surface area contributed by atoms with Crippen LogP contribution in [0.25, 0.3) is 0 Å². The highest BCUT2D eigenvalue weighted by molar-refractivity contribution is 9.09. The maximum atomic E-state index is 11.9. The largest absolute Gasteiger partial charge is 0.344 e. The Kier molecular flexibility index (Phi) is 4.28. The summed E-state index contributed by atoms with van der Waals surface area (Å²) in [5.41, 5.74) is 2.74. The SMILES string of the molecule is O=C(NC(CBr)c1ccccc1)c1cncs1. The number of rotatable bonds is 4. The zero-order valence-corrected chi connectivity index (χ0v) is 11.4. The normalized spacial score (nSPS) is 12.1. The first kappa shape index (κ1) is 12.3. The number of halogens is 1. The van der Waals surface area contributed by atoms with E-state index in [0.29, 0.717) is 10.2 Å². The quantitative estimate of drug-likeness (QED) is 0.882. The van der Waals surface area contributed by atoms with Gasteiger partial charge in [-0.1, -0.05) is 46.3 Å². The van der Waals surface area contributed by atoms with E-state index in [-0.39, 0.29) is 11.9 Å². The van der Waals surface area contributed by atoms with Gasteiger partial charge in [0.15, 0.2) is 0 Å². The van der Waals surface area contributed by atoms with Crippen molar-refractivity contribution < 1.29 is 4.79 Å². The Morgan fingerprint density at radius 2 is 2.18 bits per heavy atom. The number of amides is 1. The highest BCUT2D eigenvalue weighted by Crippen LogP contribution is 2.16. The average Bonchev–Trinajstić information content (AvgIpc) is 2.90. The third-order valence-corrected chi connectivity index (χ3v) is 3.74. The third kappa shape index (κ3) is 3.14. The second-order valence-electron chi connectivity index (χ2n) is 3.46. The number of alkyl halides is 1. The molecule has 0 saturated carbocycles. The van der Waals surface area contributed by atoms with E-state index >= 15 is 0 Å². The molecule has 1 unspecified atom stereocenters. The number of nitrogens with one attached hydrogen (secondary N) is 1. The molecule has 17 heavy (non-hydrogen) atoms. The lowest BCUT2D eigenvalue weighted by molar-refractivity contribution is 0.0944. The van der Waals surface area contributed by atoms with E-state index in [1.807, 2.05) is 30.3 Å². The maximum Gasteiger partial charge on any atom is 0.263 e. The number of nitrogens with zero attached hydrogens (tertiary/aromatic N) is 1. The van der Waals surface area contributed by atoms with Crippen LogP contribution >= 0.6 is 27.3 Å². The van der Waals surface area contributed by atoms with Crippen LogP contribution in [0, 0.1) is 0 Å². The van der Waals surface area contributed by atoms with E-state index < -0.39 is 0 Å². The molecule has 0 saturated heterocycles. The minimum Gasteiger partial charge on any atom is -0.344 e. The van der Waals surface area contributed by atoms with Gasteiger partial charge in [-0.25, -0.2) is 0 Å². The van der Waals surface area contributed by atoms with Crippen LogP contribution < -0.4 is 5.32 Å². The topological polar surface area (TPSA) is 42.0 Å². The van der Waals surface area contributed by atoms with E-state index in [2.05, 4.69) is 26.2 Å². The standard InChI is InChI=1S/C12H11BrN2OS/c13-6-10(9-4-2-1-3-5-9)15-12(16)11-7-14-8-17-11/h1-5,7-8,10H,6H2,(H,15,16). The van der Waals surface area contributed by atoms with Gasteiger partial charge < -0.3 is 5.32 Å². The van der Waals surface area contributed by atoms with Crippen molar-refractivity contribution in [2.75, 3.05) is 5.33 Å². The molecule has 2 rings (SSSR count).